The number of amides is 2. The van der Waals surface area contributed by atoms with Crippen molar-refractivity contribution in [2.75, 3.05) is 40.0 Å². The van der Waals surface area contributed by atoms with Crippen molar-refractivity contribution in [3.8, 4) is 11.5 Å². The number of methoxy groups -OCH3 is 1. The van der Waals surface area contributed by atoms with Crippen LogP contribution in [-0.4, -0.2) is 90.3 Å². The molecule has 0 spiro atoms. The van der Waals surface area contributed by atoms with Crippen LogP contribution in [0.2, 0.25) is 0 Å². The second-order valence-electron chi connectivity index (χ2n) is 9.14. The smallest absolute Gasteiger partial charge is 0.249 e. The first kappa shape index (κ1) is 25.4. The minimum atomic E-state index is -1.12. The van der Waals surface area contributed by atoms with Crippen molar-refractivity contribution >= 4 is 11.8 Å². The minimum absolute atomic E-state index is 0.0591. The molecule has 1 aromatic carbocycles. The van der Waals surface area contributed by atoms with Crippen molar-refractivity contribution in [3.63, 3.8) is 0 Å². The van der Waals surface area contributed by atoms with Gasteiger partial charge in [0.05, 0.1) is 32.3 Å². The van der Waals surface area contributed by atoms with Crippen LogP contribution in [0.5, 0.6) is 11.5 Å². The summed E-state index contributed by atoms with van der Waals surface area (Å²) in [6, 6.07) is 2.60. The zero-order valence-electron chi connectivity index (χ0n) is 20.1. The Bertz CT molecular complexity index is 976. The third kappa shape index (κ3) is 5.16. The molecule has 1 saturated carbocycles. The summed E-state index contributed by atoms with van der Waals surface area (Å²) in [7, 11) is 1.48. The number of rotatable bonds is 11. The van der Waals surface area contributed by atoms with Gasteiger partial charge in [0.15, 0.2) is 11.5 Å². The maximum atomic E-state index is 13.2. The summed E-state index contributed by atoms with van der Waals surface area (Å²) in [4.78, 5) is 27.9. The molecule has 0 aromatic heterocycles. The van der Waals surface area contributed by atoms with Crippen LogP contribution in [0.25, 0.3) is 0 Å². The molecule has 1 heterocycles. The lowest BCUT2D eigenvalue weighted by molar-refractivity contribution is -0.142. The number of nitrogens with zero attached hydrogens (tertiary/aromatic N) is 1. The monoisotopic (exact) mass is 490 g/mol. The van der Waals surface area contributed by atoms with E-state index in [-0.39, 0.29) is 32.3 Å². The number of carbonyl (C=O) groups is 2. The fraction of sp³-hybridized carbons (Fsp3) is 0.600. The highest BCUT2D eigenvalue weighted by Crippen LogP contribution is 2.51. The van der Waals surface area contributed by atoms with Gasteiger partial charge in [0.25, 0.3) is 0 Å². The predicted octanol–water partition coefficient (Wildman–Crippen LogP) is 0.0852. The highest BCUT2D eigenvalue weighted by molar-refractivity contribution is 5.96. The molecule has 0 radical (unpaired) electrons. The van der Waals surface area contributed by atoms with E-state index in [1.165, 1.54) is 7.11 Å². The Kier molecular flexibility index (Phi) is 7.95. The van der Waals surface area contributed by atoms with Gasteiger partial charge in [0.2, 0.25) is 11.8 Å². The molecule has 192 valence electrons. The average Bonchev–Trinajstić information content (AvgIpc) is 3.61. The molecule has 2 aliphatic carbocycles. The van der Waals surface area contributed by atoms with Crippen LogP contribution in [0, 0.1) is 5.92 Å². The first-order valence-electron chi connectivity index (χ1n) is 12.1. The number of fused-ring (bicyclic) bond motifs is 3. The van der Waals surface area contributed by atoms with Crippen LogP contribution in [0.4, 0.5) is 0 Å². The summed E-state index contributed by atoms with van der Waals surface area (Å²) >= 11 is 0. The Morgan fingerprint density at radius 2 is 2.03 bits per heavy atom. The molecule has 0 unspecified atom stereocenters. The summed E-state index contributed by atoms with van der Waals surface area (Å²) in [5, 5.41) is 33.1. The van der Waals surface area contributed by atoms with Gasteiger partial charge in [-0.25, -0.2) is 0 Å². The van der Waals surface area contributed by atoms with E-state index in [1.54, 1.807) is 30.0 Å². The Labute approximate surface area is 204 Å². The fourth-order valence-electron chi connectivity index (χ4n) is 4.86. The minimum Gasteiger partial charge on any atom is -0.493 e. The molecule has 1 aliphatic heterocycles. The number of nitrogens with one attached hydrogen (secondary N) is 1. The zero-order chi connectivity index (χ0) is 25.1. The van der Waals surface area contributed by atoms with Crippen molar-refractivity contribution in [2.24, 2.45) is 5.92 Å². The Morgan fingerprint density at radius 3 is 2.66 bits per heavy atom. The molecule has 4 rings (SSSR count). The standard InChI is InChI=1S/C25H34N2O8/c1-3-34-13-20(30)27(11-14-4-5-14)18-10-17(25(32)26-6-7-28)21-16-8-15(12-29)9-19(33-2)23(16)35-24(21)22(18)31/h8-10,14,18,21-22,24,28-29,31H,3-7,11-13H2,1-2H3,(H,26,32)/t18-,21+,22+,24+/m1/s1. The highest BCUT2D eigenvalue weighted by Gasteiger charge is 2.51. The molecule has 4 atom stereocenters. The van der Waals surface area contributed by atoms with E-state index in [2.05, 4.69) is 5.32 Å². The molecule has 0 bridgehead atoms. The molecule has 2 amide bonds. The van der Waals surface area contributed by atoms with Crippen LogP contribution in [0.3, 0.4) is 0 Å². The van der Waals surface area contributed by atoms with Crippen molar-refractivity contribution in [1.29, 1.82) is 0 Å². The fourth-order valence-corrected chi connectivity index (χ4v) is 4.86. The van der Waals surface area contributed by atoms with Gasteiger partial charge in [-0.15, -0.1) is 0 Å². The third-order valence-corrected chi connectivity index (χ3v) is 6.76. The number of carbonyl (C=O) groups excluding carboxylic acids is 2. The van der Waals surface area contributed by atoms with Crippen LogP contribution >= 0.6 is 0 Å². The van der Waals surface area contributed by atoms with Gasteiger partial charge in [0, 0.05) is 30.8 Å². The number of hydrogen-bond donors (Lipinski definition) is 4. The van der Waals surface area contributed by atoms with Crippen LogP contribution in [-0.2, 0) is 20.9 Å². The summed E-state index contributed by atoms with van der Waals surface area (Å²) in [5.41, 5.74) is 1.54. The maximum Gasteiger partial charge on any atom is 0.249 e. The van der Waals surface area contributed by atoms with Crippen LogP contribution in [0.1, 0.15) is 36.8 Å². The van der Waals surface area contributed by atoms with E-state index in [0.29, 0.717) is 47.3 Å². The molecule has 0 saturated heterocycles. The van der Waals surface area contributed by atoms with E-state index in [1.807, 2.05) is 0 Å². The molecular formula is C25H34N2O8. The third-order valence-electron chi connectivity index (χ3n) is 6.76. The maximum absolute atomic E-state index is 13.2. The SMILES string of the molecule is CCOCC(=O)N(CC1CC1)[C@@H]1C=C(C(=O)NCCO)[C@@H]2c3cc(CO)cc(OC)c3O[C@@H]2[C@H]1O. The summed E-state index contributed by atoms with van der Waals surface area (Å²) < 4.78 is 17.0. The quantitative estimate of drug-likeness (QED) is 0.342. The first-order valence-corrected chi connectivity index (χ1v) is 12.1. The largest absolute Gasteiger partial charge is 0.493 e. The number of aliphatic hydroxyl groups is 3. The highest BCUT2D eigenvalue weighted by atomic mass is 16.5. The van der Waals surface area contributed by atoms with Gasteiger partial charge >= 0.3 is 0 Å². The molecule has 10 nitrogen and oxygen atoms in total. The van der Waals surface area contributed by atoms with Crippen molar-refractivity contribution in [2.45, 2.75) is 50.5 Å². The number of aliphatic hydroxyl groups excluding tert-OH is 3. The van der Waals surface area contributed by atoms with E-state index in [4.69, 9.17) is 14.2 Å². The second-order valence-corrected chi connectivity index (χ2v) is 9.14. The molecule has 3 aliphatic rings. The predicted molar refractivity (Wildman–Crippen MR) is 125 cm³/mol. The number of ether oxygens (including phenoxy) is 3. The van der Waals surface area contributed by atoms with E-state index >= 15 is 0 Å². The van der Waals surface area contributed by atoms with Crippen molar-refractivity contribution in [3.05, 3.63) is 34.9 Å². The lowest BCUT2D eigenvalue weighted by atomic mass is 9.77. The topological polar surface area (TPSA) is 138 Å². The summed E-state index contributed by atoms with van der Waals surface area (Å²) in [6.07, 6.45) is 1.68. The Balaban J connectivity index is 1.76. The Morgan fingerprint density at radius 1 is 1.26 bits per heavy atom. The lowest BCUT2D eigenvalue weighted by Crippen LogP contribution is -2.56. The Hall–Kier alpha value is -2.66. The first-order chi connectivity index (χ1) is 16.9. The lowest BCUT2D eigenvalue weighted by Gasteiger charge is -2.40. The summed E-state index contributed by atoms with van der Waals surface area (Å²) in [6.45, 7) is 2.13. The number of hydrogen-bond acceptors (Lipinski definition) is 8. The average molecular weight is 491 g/mol. The summed E-state index contributed by atoms with van der Waals surface area (Å²) in [5.74, 6) is -0.182. The van der Waals surface area contributed by atoms with Gasteiger partial charge in [-0.3, -0.25) is 9.59 Å². The zero-order valence-corrected chi connectivity index (χ0v) is 20.1. The van der Waals surface area contributed by atoms with Crippen molar-refractivity contribution < 1.29 is 39.1 Å². The molecule has 10 heteroatoms. The molecule has 35 heavy (non-hydrogen) atoms. The molecule has 4 N–H and O–H groups in total. The number of benzene rings is 1. The van der Waals surface area contributed by atoms with Crippen LogP contribution in [0.15, 0.2) is 23.8 Å². The van der Waals surface area contributed by atoms with Gasteiger partial charge in [-0.1, -0.05) is 0 Å². The normalized spacial score (nSPS) is 24.7. The van der Waals surface area contributed by atoms with Gasteiger partial charge in [-0.2, -0.15) is 0 Å². The van der Waals surface area contributed by atoms with Gasteiger partial charge < -0.3 is 39.7 Å². The van der Waals surface area contributed by atoms with E-state index in [0.717, 1.165) is 12.8 Å². The van der Waals surface area contributed by atoms with E-state index in [9.17, 15) is 24.9 Å². The second kappa shape index (κ2) is 10.9. The molecular weight excluding hydrogens is 456 g/mol. The molecule has 1 fully saturated rings. The van der Waals surface area contributed by atoms with Crippen molar-refractivity contribution in [1.82, 2.24) is 10.2 Å². The molecule has 1 aromatic rings. The van der Waals surface area contributed by atoms with Gasteiger partial charge in [0.1, 0.15) is 18.8 Å². The van der Waals surface area contributed by atoms with E-state index < -0.39 is 30.1 Å². The van der Waals surface area contributed by atoms with Crippen LogP contribution < -0.4 is 14.8 Å². The van der Waals surface area contributed by atoms with Gasteiger partial charge in [-0.05, 0) is 49.5 Å².